The minimum atomic E-state index is -3.82. The summed E-state index contributed by atoms with van der Waals surface area (Å²) in [4.78, 5) is 0.000568. The van der Waals surface area contributed by atoms with Gasteiger partial charge in [0.05, 0.1) is 11.1 Å². The maximum atomic E-state index is 12.5. The van der Waals surface area contributed by atoms with Crippen molar-refractivity contribution in [3.63, 3.8) is 0 Å². The van der Waals surface area contributed by atoms with E-state index in [2.05, 4.69) is 33.6 Å². The summed E-state index contributed by atoms with van der Waals surface area (Å²) < 4.78 is 28.3. The van der Waals surface area contributed by atoms with Crippen molar-refractivity contribution in [3.8, 4) is 6.07 Å². The highest BCUT2D eigenvalue weighted by atomic mass is 79.9. The molecular formula is C14H16BrClN2O2S. The molecule has 114 valence electrons. The molecule has 1 aliphatic rings. The van der Waals surface area contributed by atoms with Crippen molar-refractivity contribution in [2.45, 2.75) is 43.0 Å². The van der Waals surface area contributed by atoms with E-state index in [4.69, 9.17) is 11.6 Å². The van der Waals surface area contributed by atoms with Crippen molar-refractivity contribution < 1.29 is 8.42 Å². The van der Waals surface area contributed by atoms with Crippen molar-refractivity contribution in [2.24, 2.45) is 5.92 Å². The molecular weight excluding hydrogens is 376 g/mol. The molecule has 0 aliphatic heterocycles. The molecule has 1 saturated carbocycles. The number of halogens is 2. The molecule has 0 amide bonds. The molecule has 0 heterocycles. The second-order valence-electron chi connectivity index (χ2n) is 5.56. The van der Waals surface area contributed by atoms with Gasteiger partial charge in [-0.1, -0.05) is 34.5 Å². The van der Waals surface area contributed by atoms with Crippen LogP contribution in [0.3, 0.4) is 0 Å². The Morgan fingerprint density at radius 2 is 2.05 bits per heavy atom. The van der Waals surface area contributed by atoms with Gasteiger partial charge >= 0.3 is 0 Å². The van der Waals surface area contributed by atoms with E-state index >= 15 is 0 Å². The van der Waals surface area contributed by atoms with E-state index in [1.807, 2.05) is 0 Å². The molecule has 4 nitrogen and oxygen atoms in total. The summed E-state index contributed by atoms with van der Waals surface area (Å²) in [7, 11) is -3.82. The number of rotatable bonds is 3. The first kappa shape index (κ1) is 16.8. The second-order valence-corrected chi connectivity index (χ2v) is 8.53. The third kappa shape index (κ3) is 3.78. The lowest BCUT2D eigenvalue weighted by Gasteiger charge is -2.34. The molecule has 0 unspecified atom stereocenters. The Morgan fingerprint density at radius 3 is 2.57 bits per heavy atom. The Balaban J connectivity index is 2.30. The second kappa shape index (κ2) is 6.25. The van der Waals surface area contributed by atoms with Crippen LogP contribution >= 0.6 is 27.5 Å². The van der Waals surface area contributed by atoms with Gasteiger partial charge in [-0.25, -0.2) is 8.42 Å². The number of hydrogen-bond donors (Lipinski definition) is 1. The molecule has 1 aliphatic carbocycles. The number of benzene rings is 1. The first-order valence-electron chi connectivity index (χ1n) is 6.68. The summed E-state index contributed by atoms with van der Waals surface area (Å²) in [6, 6.07) is 6.73. The van der Waals surface area contributed by atoms with Crippen LogP contribution in [-0.2, 0) is 10.0 Å². The molecule has 1 aromatic carbocycles. The van der Waals surface area contributed by atoms with Crippen LogP contribution in [0.25, 0.3) is 0 Å². The highest BCUT2D eigenvalue weighted by Gasteiger charge is 2.38. The van der Waals surface area contributed by atoms with Gasteiger partial charge in [0.2, 0.25) is 10.0 Å². The minimum Gasteiger partial charge on any atom is -0.207 e. The molecule has 0 bridgehead atoms. The molecule has 0 radical (unpaired) electrons. The van der Waals surface area contributed by atoms with Gasteiger partial charge in [0, 0.05) is 4.47 Å². The first-order valence-corrected chi connectivity index (χ1v) is 9.34. The molecule has 0 aromatic heterocycles. The van der Waals surface area contributed by atoms with E-state index in [1.165, 1.54) is 12.1 Å². The van der Waals surface area contributed by atoms with Crippen molar-refractivity contribution in [1.29, 1.82) is 5.26 Å². The van der Waals surface area contributed by atoms with Gasteiger partial charge in [-0.05, 0) is 49.8 Å². The van der Waals surface area contributed by atoms with Crippen molar-refractivity contribution in [1.82, 2.24) is 4.72 Å². The number of nitrogens with one attached hydrogen (secondary N) is 1. The van der Waals surface area contributed by atoms with Crippen LogP contribution in [0, 0.1) is 17.2 Å². The monoisotopic (exact) mass is 390 g/mol. The Morgan fingerprint density at radius 1 is 1.43 bits per heavy atom. The maximum Gasteiger partial charge on any atom is 0.243 e. The normalized spacial score (nSPS) is 26.3. The topological polar surface area (TPSA) is 70.0 Å². The van der Waals surface area contributed by atoms with Crippen LogP contribution in [0.2, 0.25) is 5.02 Å². The van der Waals surface area contributed by atoms with Gasteiger partial charge in [0.15, 0.2) is 0 Å². The molecule has 2 rings (SSSR count). The van der Waals surface area contributed by atoms with Gasteiger partial charge in [0.25, 0.3) is 0 Å². The third-order valence-corrected chi connectivity index (χ3v) is 6.37. The van der Waals surface area contributed by atoms with Crippen LogP contribution in [0.5, 0.6) is 0 Å². The van der Waals surface area contributed by atoms with Crippen LogP contribution in [0.1, 0.15) is 32.6 Å². The zero-order valence-corrected chi connectivity index (χ0v) is 14.7. The zero-order chi connectivity index (χ0) is 15.7. The fraction of sp³-hybridized carbons (Fsp3) is 0.500. The van der Waals surface area contributed by atoms with Crippen molar-refractivity contribution >= 4 is 37.6 Å². The molecule has 1 aromatic rings. The molecule has 0 spiro atoms. The first-order chi connectivity index (χ1) is 9.78. The summed E-state index contributed by atoms with van der Waals surface area (Å²) in [6.45, 7) is 2.11. The predicted molar refractivity (Wildman–Crippen MR) is 85.4 cm³/mol. The summed E-state index contributed by atoms with van der Waals surface area (Å²) >= 11 is 9.25. The molecule has 7 heteroatoms. The lowest BCUT2D eigenvalue weighted by molar-refractivity contribution is 0.278. The van der Waals surface area contributed by atoms with Gasteiger partial charge in [-0.2, -0.15) is 9.98 Å². The molecule has 1 fully saturated rings. The number of nitriles is 1. The third-order valence-electron chi connectivity index (χ3n) is 3.86. The van der Waals surface area contributed by atoms with Crippen LogP contribution in [0.4, 0.5) is 0 Å². The maximum absolute atomic E-state index is 12.5. The van der Waals surface area contributed by atoms with E-state index in [9.17, 15) is 13.7 Å². The van der Waals surface area contributed by atoms with E-state index in [1.54, 1.807) is 6.07 Å². The van der Waals surface area contributed by atoms with Crippen LogP contribution in [0.15, 0.2) is 27.6 Å². The van der Waals surface area contributed by atoms with Crippen LogP contribution < -0.4 is 4.72 Å². The average molecular weight is 392 g/mol. The fourth-order valence-electron chi connectivity index (χ4n) is 2.50. The lowest BCUT2D eigenvalue weighted by Crippen LogP contribution is -2.49. The highest BCUT2D eigenvalue weighted by molar-refractivity contribution is 9.10. The lowest BCUT2D eigenvalue weighted by atomic mass is 9.79. The average Bonchev–Trinajstić information content (AvgIpc) is 2.41. The standard InChI is InChI=1S/C14H16BrClN2O2S/c1-10-4-6-14(9-17,7-5-10)18-21(19,20)13-3-2-11(15)8-12(13)16/h2-3,8,10,18H,4-7H2,1H3. The van der Waals surface area contributed by atoms with E-state index in [0.717, 1.165) is 12.8 Å². The number of nitrogens with zero attached hydrogens (tertiary/aromatic N) is 1. The van der Waals surface area contributed by atoms with E-state index < -0.39 is 15.6 Å². The highest BCUT2D eigenvalue weighted by Crippen LogP contribution is 2.34. The molecule has 0 saturated heterocycles. The molecule has 21 heavy (non-hydrogen) atoms. The number of hydrogen-bond acceptors (Lipinski definition) is 3. The number of sulfonamides is 1. The quantitative estimate of drug-likeness (QED) is 0.850. The van der Waals surface area contributed by atoms with Gasteiger partial charge in [-0.3, -0.25) is 0 Å². The van der Waals surface area contributed by atoms with Gasteiger partial charge in [-0.15, -0.1) is 0 Å². The minimum absolute atomic E-state index is 0.000568. The Bertz CT molecular complexity index is 677. The van der Waals surface area contributed by atoms with Gasteiger partial charge < -0.3 is 0 Å². The van der Waals surface area contributed by atoms with E-state index in [-0.39, 0.29) is 9.92 Å². The van der Waals surface area contributed by atoms with Crippen LogP contribution in [-0.4, -0.2) is 14.0 Å². The summed E-state index contributed by atoms with van der Waals surface area (Å²) in [5.41, 5.74) is -1.03. The largest absolute Gasteiger partial charge is 0.243 e. The Labute approximate surface area is 138 Å². The summed E-state index contributed by atoms with van der Waals surface area (Å²) in [5.74, 6) is 0.521. The Hall–Kier alpha value is -0.610. The summed E-state index contributed by atoms with van der Waals surface area (Å²) in [5, 5.41) is 9.57. The smallest absolute Gasteiger partial charge is 0.207 e. The predicted octanol–water partition coefficient (Wildman–Crippen LogP) is 3.85. The zero-order valence-electron chi connectivity index (χ0n) is 11.6. The van der Waals surface area contributed by atoms with E-state index in [0.29, 0.717) is 23.2 Å². The fourth-order valence-corrected chi connectivity index (χ4v) is 4.91. The molecule has 0 atom stereocenters. The Kier molecular flexibility index (Phi) is 4.99. The SMILES string of the molecule is CC1CCC(C#N)(NS(=O)(=O)c2ccc(Br)cc2Cl)CC1. The summed E-state index contributed by atoms with van der Waals surface area (Å²) in [6.07, 6.45) is 2.73. The van der Waals surface area contributed by atoms with Crippen molar-refractivity contribution in [2.75, 3.05) is 0 Å². The van der Waals surface area contributed by atoms with Gasteiger partial charge in [0.1, 0.15) is 10.4 Å². The van der Waals surface area contributed by atoms with Crippen molar-refractivity contribution in [3.05, 3.63) is 27.7 Å². The molecule has 1 N–H and O–H groups in total.